The highest BCUT2D eigenvalue weighted by molar-refractivity contribution is 7.03. The molecule has 1 rings (SSSR count). The number of nitrogens with zero attached hydrogens (tertiary/aromatic N) is 1. The fourth-order valence-electron chi connectivity index (χ4n) is 0.407. The Hall–Kier alpha value is -0.880. The lowest BCUT2D eigenvalue weighted by Gasteiger charge is -1.84. The normalized spacial score (nSPS) is 9.89. The van der Waals surface area contributed by atoms with E-state index < -0.39 is 17.3 Å². The minimum atomic E-state index is -0.562. The van der Waals surface area contributed by atoms with Gasteiger partial charge in [0.25, 0.3) is 0 Å². The number of hydrogen-bond donors (Lipinski definition) is 2. The molecule has 0 unspecified atom stereocenters. The molecule has 1 heterocycles. The molecule has 0 aliphatic rings. The fourth-order valence-corrected chi connectivity index (χ4v) is 0.927. The van der Waals surface area contributed by atoms with Crippen molar-refractivity contribution in [1.29, 1.82) is 0 Å². The van der Waals surface area contributed by atoms with E-state index in [1.165, 1.54) is 0 Å². The molecule has 0 saturated carbocycles. The SMILES string of the molecule is O=c1[nH]c(=O)n(CO)s1. The Bertz CT molecular complexity index is 294. The molecular formula is C3H4N2O3S. The summed E-state index contributed by atoms with van der Waals surface area (Å²) in [5, 5.41) is 8.35. The van der Waals surface area contributed by atoms with E-state index in [1.54, 1.807) is 0 Å². The second-order valence-corrected chi connectivity index (χ2v) is 2.32. The first-order valence-electron chi connectivity index (χ1n) is 2.15. The number of nitrogens with one attached hydrogen (secondary N) is 1. The number of hydrogen-bond acceptors (Lipinski definition) is 4. The first-order valence-corrected chi connectivity index (χ1v) is 2.92. The highest BCUT2D eigenvalue weighted by atomic mass is 32.1. The predicted octanol–water partition coefficient (Wildman–Crippen LogP) is -1.45. The van der Waals surface area contributed by atoms with Crippen molar-refractivity contribution in [3.8, 4) is 0 Å². The molecule has 50 valence electrons. The summed E-state index contributed by atoms with van der Waals surface area (Å²) in [5.74, 6) is 0. The van der Waals surface area contributed by atoms with Crippen molar-refractivity contribution in [3.05, 3.63) is 20.2 Å². The van der Waals surface area contributed by atoms with Crippen LogP contribution in [0.15, 0.2) is 9.59 Å². The van der Waals surface area contributed by atoms with Gasteiger partial charge >= 0.3 is 10.6 Å². The Morgan fingerprint density at radius 3 is 2.56 bits per heavy atom. The Kier molecular flexibility index (Phi) is 1.50. The van der Waals surface area contributed by atoms with Gasteiger partial charge in [0.05, 0.1) is 0 Å². The Balaban J connectivity index is 3.33. The van der Waals surface area contributed by atoms with Gasteiger partial charge in [-0.1, -0.05) is 0 Å². The van der Waals surface area contributed by atoms with Gasteiger partial charge < -0.3 is 5.11 Å². The van der Waals surface area contributed by atoms with Gasteiger partial charge in [-0.3, -0.25) is 9.78 Å². The second-order valence-electron chi connectivity index (χ2n) is 1.33. The maximum atomic E-state index is 10.4. The topological polar surface area (TPSA) is 75.1 Å². The van der Waals surface area contributed by atoms with Crippen LogP contribution in [-0.4, -0.2) is 14.0 Å². The summed E-state index contributed by atoms with van der Waals surface area (Å²) in [6.45, 7) is -0.442. The van der Waals surface area contributed by atoms with Crippen LogP contribution < -0.4 is 10.6 Å². The molecule has 0 fully saturated rings. The van der Waals surface area contributed by atoms with Crippen molar-refractivity contribution in [3.63, 3.8) is 0 Å². The number of H-pyrrole nitrogens is 1. The molecule has 0 aromatic carbocycles. The highest BCUT2D eigenvalue weighted by Gasteiger charge is 1.95. The zero-order valence-electron chi connectivity index (χ0n) is 4.33. The smallest absolute Gasteiger partial charge is 0.340 e. The third-order valence-corrected chi connectivity index (χ3v) is 1.53. The highest BCUT2D eigenvalue weighted by Crippen LogP contribution is 1.76. The van der Waals surface area contributed by atoms with Crippen LogP contribution >= 0.6 is 11.5 Å². The molecule has 2 N–H and O–H groups in total. The standard InChI is InChI=1S/C3H4N2O3S/c6-1-5-2(7)4-3(8)9-5/h6H,1H2,(H,4,7,8). The van der Waals surface area contributed by atoms with Gasteiger partial charge in [-0.25, -0.2) is 8.75 Å². The van der Waals surface area contributed by atoms with Crippen LogP contribution in [0.5, 0.6) is 0 Å². The van der Waals surface area contributed by atoms with E-state index in [0.29, 0.717) is 11.5 Å². The van der Waals surface area contributed by atoms with Gasteiger partial charge in [-0.2, -0.15) is 0 Å². The first-order chi connectivity index (χ1) is 4.24. The van der Waals surface area contributed by atoms with E-state index in [1.807, 2.05) is 4.98 Å². The number of aliphatic hydroxyl groups excluding tert-OH is 1. The summed E-state index contributed by atoms with van der Waals surface area (Å²) in [6, 6.07) is 0. The quantitative estimate of drug-likeness (QED) is 0.511. The van der Waals surface area contributed by atoms with E-state index >= 15 is 0 Å². The van der Waals surface area contributed by atoms with Crippen LogP contribution in [0.25, 0.3) is 0 Å². The Morgan fingerprint density at radius 1 is 1.67 bits per heavy atom. The third kappa shape index (κ3) is 1.08. The lowest BCUT2D eigenvalue weighted by Crippen LogP contribution is -2.15. The molecule has 5 nitrogen and oxygen atoms in total. The van der Waals surface area contributed by atoms with Crippen molar-refractivity contribution < 1.29 is 5.11 Å². The van der Waals surface area contributed by atoms with Gasteiger partial charge in [-0.05, 0) is 0 Å². The molecule has 0 aliphatic heterocycles. The summed E-state index contributed by atoms with van der Waals surface area (Å²) in [7, 11) is 0. The molecule has 0 aliphatic carbocycles. The number of aromatic nitrogens is 2. The average molecular weight is 148 g/mol. The molecule has 0 radical (unpaired) electrons. The van der Waals surface area contributed by atoms with Crippen LogP contribution in [0.2, 0.25) is 0 Å². The summed E-state index contributed by atoms with van der Waals surface area (Å²) in [4.78, 5) is 22.2. The molecule has 0 spiro atoms. The van der Waals surface area contributed by atoms with Crippen LogP contribution in [0.1, 0.15) is 0 Å². The van der Waals surface area contributed by atoms with Crippen LogP contribution in [0.3, 0.4) is 0 Å². The number of aromatic amines is 1. The summed E-state index contributed by atoms with van der Waals surface area (Å²) in [5.41, 5.74) is -0.562. The van der Waals surface area contributed by atoms with Crippen molar-refractivity contribution in [1.82, 2.24) is 8.94 Å². The van der Waals surface area contributed by atoms with Crippen molar-refractivity contribution in [2.45, 2.75) is 6.73 Å². The fraction of sp³-hybridized carbons (Fsp3) is 0.333. The van der Waals surface area contributed by atoms with Crippen molar-refractivity contribution >= 4 is 11.5 Å². The van der Waals surface area contributed by atoms with Crippen molar-refractivity contribution in [2.75, 3.05) is 0 Å². The Labute approximate surface area is 53.3 Å². The average Bonchev–Trinajstić information content (AvgIpc) is 2.10. The third-order valence-electron chi connectivity index (χ3n) is 0.757. The van der Waals surface area contributed by atoms with E-state index in [2.05, 4.69) is 0 Å². The monoisotopic (exact) mass is 148 g/mol. The van der Waals surface area contributed by atoms with Gasteiger partial charge in [-0.15, -0.1) is 0 Å². The van der Waals surface area contributed by atoms with E-state index in [4.69, 9.17) is 5.11 Å². The minimum Gasteiger partial charge on any atom is -0.375 e. The van der Waals surface area contributed by atoms with E-state index in [0.717, 1.165) is 3.96 Å². The zero-order valence-corrected chi connectivity index (χ0v) is 5.14. The summed E-state index contributed by atoms with van der Waals surface area (Å²) < 4.78 is 0.919. The van der Waals surface area contributed by atoms with Crippen LogP contribution in [-0.2, 0) is 6.73 Å². The number of rotatable bonds is 1. The van der Waals surface area contributed by atoms with Crippen molar-refractivity contribution in [2.24, 2.45) is 0 Å². The largest absolute Gasteiger partial charge is 0.375 e. The lowest BCUT2D eigenvalue weighted by atomic mass is 11.1. The van der Waals surface area contributed by atoms with Gasteiger partial charge in [0.15, 0.2) is 0 Å². The molecule has 1 aromatic rings. The summed E-state index contributed by atoms with van der Waals surface area (Å²) in [6.07, 6.45) is 0. The molecule has 0 bridgehead atoms. The molecule has 0 amide bonds. The lowest BCUT2D eigenvalue weighted by molar-refractivity contribution is 0.218. The first kappa shape index (κ1) is 6.24. The molecular weight excluding hydrogens is 144 g/mol. The van der Waals surface area contributed by atoms with E-state index in [-0.39, 0.29) is 0 Å². The van der Waals surface area contributed by atoms with Gasteiger partial charge in [0, 0.05) is 11.5 Å². The van der Waals surface area contributed by atoms with E-state index in [9.17, 15) is 9.59 Å². The molecule has 9 heavy (non-hydrogen) atoms. The zero-order chi connectivity index (χ0) is 6.85. The molecule has 1 aromatic heterocycles. The van der Waals surface area contributed by atoms with Gasteiger partial charge in [0.1, 0.15) is 6.73 Å². The van der Waals surface area contributed by atoms with Crippen LogP contribution in [0, 0.1) is 0 Å². The maximum absolute atomic E-state index is 10.4. The Morgan fingerprint density at radius 2 is 2.33 bits per heavy atom. The molecule has 0 atom stereocenters. The maximum Gasteiger partial charge on any atom is 0.340 e. The molecule has 0 saturated heterocycles. The van der Waals surface area contributed by atoms with Gasteiger partial charge in [0.2, 0.25) is 0 Å². The molecule has 6 heteroatoms. The van der Waals surface area contributed by atoms with Crippen LogP contribution in [0.4, 0.5) is 0 Å². The second kappa shape index (κ2) is 2.16. The summed E-state index contributed by atoms with van der Waals surface area (Å²) >= 11 is 0.657. The minimum absolute atomic E-state index is 0.442. The number of aliphatic hydroxyl groups is 1. The predicted molar refractivity (Wildman–Crippen MR) is 31.4 cm³/mol.